The summed E-state index contributed by atoms with van der Waals surface area (Å²) in [6, 6.07) is 4.99. The Labute approximate surface area is 148 Å². The molecule has 0 bridgehead atoms. The van der Waals surface area contributed by atoms with Crippen molar-refractivity contribution in [3.05, 3.63) is 18.2 Å². The van der Waals surface area contributed by atoms with E-state index in [9.17, 15) is 18.0 Å². The van der Waals surface area contributed by atoms with E-state index in [-0.39, 0.29) is 16.8 Å². The van der Waals surface area contributed by atoms with Crippen molar-refractivity contribution in [1.29, 1.82) is 0 Å². The zero-order chi connectivity index (χ0) is 17.8. The van der Waals surface area contributed by atoms with Gasteiger partial charge in [-0.25, -0.2) is 9.98 Å². The molecule has 0 saturated carbocycles. The minimum atomic E-state index is -4.89. The number of aromatic nitrogens is 1. The lowest BCUT2D eigenvalue weighted by molar-refractivity contribution is -0.185. The number of rotatable bonds is 3. The Kier molecular flexibility index (Phi) is 3.62. The van der Waals surface area contributed by atoms with Crippen molar-refractivity contribution in [1.82, 2.24) is 9.88 Å². The summed E-state index contributed by atoms with van der Waals surface area (Å²) < 4.78 is 47.0. The molecule has 1 N–H and O–H groups in total. The van der Waals surface area contributed by atoms with Gasteiger partial charge < -0.3 is 10.1 Å². The zero-order valence-electron chi connectivity index (χ0n) is 12.8. The van der Waals surface area contributed by atoms with E-state index >= 15 is 0 Å². The summed E-state index contributed by atoms with van der Waals surface area (Å²) in [7, 11) is 1.50. The number of thiazole rings is 1. The molecule has 1 amide bonds. The van der Waals surface area contributed by atoms with Gasteiger partial charge in [0.25, 0.3) is 5.91 Å². The van der Waals surface area contributed by atoms with Crippen molar-refractivity contribution >= 4 is 49.5 Å². The first kappa shape index (κ1) is 16.5. The number of benzene rings is 1. The molecule has 0 radical (unpaired) electrons. The van der Waals surface area contributed by atoms with E-state index in [2.05, 4.69) is 15.3 Å². The number of nitrogens with zero attached hydrogens (tertiary/aromatic N) is 3. The maximum absolute atomic E-state index is 13.8. The molecule has 6 nitrogen and oxygen atoms in total. The van der Waals surface area contributed by atoms with E-state index in [4.69, 9.17) is 4.74 Å². The lowest BCUT2D eigenvalue weighted by Crippen LogP contribution is -2.57. The van der Waals surface area contributed by atoms with Crippen LogP contribution in [0.1, 0.15) is 0 Å². The Morgan fingerprint density at radius 2 is 2.20 bits per heavy atom. The first-order valence-electron chi connectivity index (χ1n) is 7.18. The number of ether oxygens (including phenoxy) is 1. The van der Waals surface area contributed by atoms with Crippen LogP contribution in [-0.4, -0.2) is 52.2 Å². The second-order valence-electron chi connectivity index (χ2n) is 5.39. The summed E-state index contributed by atoms with van der Waals surface area (Å²) in [6.45, 7) is 0.221. The van der Waals surface area contributed by atoms with Crippen LogP contribution in [0.15, 0.2) is 23.2 Å². The number of carbonyl (C=O) groups is 1. The third-order valence-corrected chi connectivity index (χ3v) is 5.78. The molecule has 0 unspecified atom stereocenters. The molecule has 3 heterocycles. The van der Waals surface area contributed by atoms with Gasteiger partial charge in [0.05, 0.1) is 17.3 Å². The summed E-state index contributed by atoms with van der Waals surface area (Å²) in [5.74, 6) is -0.00120. The Bertz CT molecular complexity index is 898. The van der Waals surface area contributed by atoms with Gasteiger partial charge in [-0.1, -0.05) is 23.1 Å². The molecule has 0 spiro atoms. The summed E-state index contributed by atoms with van der Waals surface area (Å²) in [6.07, 6.45) is -4.89. The third-order valence-electron chi connectivity index (χ3n) is 3.89. The number of hydrogen-bond acceptors (Lipinski definition) is 7. The number of amidine groups is 1. The predicted octanol–water partition coefficient (Wildman–Crippen LogP) is 2.92. The largest absolute Gasteiger partial charge is 0.497 e. The molecule has 1 fully saturated rings. The molecule has 2 aromatic rings. The van der Waals surface area contributed by atoms with Crippen LogP contribution in [0, 0.1) is 0 Å². The first-order chi connectivity index (χ1) is 11.8. The molecule has 0 aliphatic carbocycles. The molecule has 1 saturated heterocycles. The van der Waals surface area contributed by atoms with Crippen molar-refractivity contribution in [3.8, 4) is 5.75 Å². The minimum absolute atomic E-state index is 0.0237. The number of aliphatic imine (C=N–C) groups is 1. The monoisotopic (exact) mass is 388 g/mol. The number of fused-ring (bicyclic) bond motifs is 2. The van der Waals surface area contributed by atoms with Crippen molar-refractivity contribution < 1.29 is 22.7 Å². The molecule has 2 aliphatic heterocycles. The highest BCUT2D eigenvalue weighted by Gasteiger charge is 2.67. The Balaban J connectivity index is 1.76. The molecular weight excluding hydrogens is 377 g/mol. The fourth-order valence-corrected chi connectivity index (χ4v) is 4.58. The van der Waals surface area contributed by atoms with Crippen molar-refractivity contribution in [3.63, 3.8) is 0 Å². The quantitative estimate of drug-likeness (QED) is 0.876. The highest BCUT2D eigenvalue weighted by atomic mass is 32.2. The maximum atomic E-state index is 13.8. The molecule has 2 aliphatic rings. The number of methoxy groups -OCH3 is 1. The smallest absolute Gasteiger partial charge is 0.442 e. The number of amides is 1. The molecule has 25 heavy (non-hydrogen) atoms. The number of alkyl halides is 3. The first-order valence-corrected chi connectivity index (χ1v) is 8.98. The van der Waals surface area contributed by atoms with Crippen LogP contribution in [-0.2, 0) is 4.79 Å². The van der Waals surface area contributed by atoms with E-state index in [0.29, 0.717) is 21.7 Å². The van der Waals surface area contributed by atoms with Crippen LogP contribution in [0.25, 0.3) is 10.2 Å². The minimum Gasteiger partial charge on any atom is -0.497 e. The van der Waals surface area contributed by atoms with Crippen LogP contribution < -0.4 is 10.1 Å². The lowest BCUT2D eigenvalue weighted by Gasteiger charge is -2.28. The standard InChI is InChI=1S/C14H11F3N4O2S2/c1-23-7-2-3-8-9(6-7)25-11(18-8)19-13(14(15,16)17)10(22)21-4-5-24-12(21)20-13/h2-3,6H,4-5H2,1H3,(H,18,19)/t13-/m0/s1. The Hall–Kier alpha value is -2.01. The SMILES string of the molecule is COc1ccc2nc(N[C@]3(C(F)(F)F)N=C4SCCN4C3=O)sc2c1. The third kappa shape index (κ3) is 2.44. The molecule has 1 aromatic carbocycles. The van der Waals surface area contributed by atoms with Gasteiger partial charge in [-0.05, 0) is 18.2 Å². The molecule has 132 valence electrons. The fourth-order valence-electron chi connectivity index (χ4n) is 2.65. The summed E-state index contributed by atoms with van der Waals surface area (Å²) in [4.78, 5) is 21.4. The normalized spacial score (nSPS) is 23.1. The van der Waals surface area contributed by atoms with Gasteiger partial charge in [-0.2, -0.15) is 13.2 Å². The topological polar surface area (TPSA) is 66.8 Å². The van der Waals surface area contributed by atoms with E-state index < -0.39 is 17.7 Å². The fraction of sp³-hybridized carbons (Fsp3) is 0.357. The van der Waals surface area contributed by atoms with Crippen LogP contribution in [0.2, 0.25) is 0 Å². The number of thioether (sulfide) groups is 1. The van der Waals surface area contributed by atoms with Gasteiger partial charge in [-0.3, -0.25) is 9.69 Å². The van der Waals surface area contributed by atoms with Gasteiger partial charge in [0, 0.05) is 12.3 Å². The number of carbonyl (C=O) groups excluding carboxylic acids is 1. The van der Waals surface area contributed by atoms with E-state index in [0.717, 1.165) is 28.0 Å². The van der Waals surface area contributed by atoms with Gasteiger partial charge in [0.2, 0.25) is 0 Å². The number of anilines is 1. The van der Waals surface area contributed by atoms with Gasteiger partial charge in [-0.15, -0.1) is 0 Å². The molecule has 1 atom stereocenters. The lowest BCUT2D eigenvalue weighted by atomic mass is 10.1. The van der Waals surface area contributed by atoms with Crippen LogP contribution >= 0.6 is 23.1 Å². The predicted molar refractivity (Wildman–Crippen MR) is 90.2 cm³/mol. The summed E-state index contributed by atoms with van der Waals surface area (Å²) >= 11 is 2.15. The highest BCUT2D eigenvalue weighted by Crippen LogP contribution is 2.44. The average molecular weight is 388 g/mol. The zero-order valence-corrected chi connectivity index (χ0v) is 14.4. The van der Waals surface area contributed by atoms with E-state index in [1.807, 2.05) is 0 Å². The van der Waals surface area contributed by atoms with E-state index in [1.165, 1.54) is 7.11 Å². The van der Waals surface area contributed by atoms with E-state index in [1.54, 1.807) is 18.2 Å². The van der Waals surface area contributed by atoms with Crippen molar-refractivity contribution in [2.24, 2.45) is 4.99 Å². The Morgan fingerprint density at radius 1 is 1.40 bits per heavy atom. The average Bonchev–Trinajstić information content (AvgIpc) is 3.22. The molecule has 1 aromatic heterocycles. The summed E-state index contributed by atoms with van der Waals surface area (Å²) in [5, 5.41) is 2.32. The number of hydrogen-bond donors (Lipinski definition) is 1. The number of halogens is 3. The molecule has 11 heteroatoms. The van der Waals surface area contributed by atoms with Crippen molar-refractivity contribution in [2.45, 2.75) is 11.8 Å². The maximum Gasteiger partial charge on any atom is 0.442 e. The van der Waals surface area contributed by atoms with Crippen molar-refractivity contribution in [2.75, 3.05) is 24.7 Å². The van der Waals surface area contributed by atoms with Crippen LogP contribution in [0.5, 0.6) is 5.75 Å². The van der Waals surface area contributed by atoms with Crippen LogP contribution in [0.4, 0.5) is 18.3 Å². The summed E-state index contributed by atoms with van der Waals surface area (Å²) in [5.41, 5.74) is -2.51. The van der Waals surface area contributed by atoms with Gasteiger partial charge in [0.1, 0.15) is 5.75 Å². The van der Waals surface area contributed by atoms with Gasteiger partial charge in [0.15, 0.2) is 10.3 Å². The molecular formula is C14H11F3N4O2S2. The number of nitrogens with one attached hydrogen (secondary N) is 1. The van der Waals surface area contributed by atoms with Crippen LogP contribution in [0.3, 0.4) is 0 Å². The highest BCUT2D eigenvalue weighted by molar-refractivity contribution is 8.14. The van der Waals surface area contributed by atoms with Gasteiger partial charge >= 0.3 is 11.8 Å². The second kappa shape index (κ2) is 5.49. The Morgan fingerprint density at radius 3 is 2.88 bits per heavy atom. The molecule has 4 rings (SSSR count). The second-order valence-corrected chi connectivity index (χ2v) is 7.48.